The molecule has 1 atom stereocenters. The first-order chi connectivity index (χ1) is 12.0. The zero-order valence-corrected chi connectivity index (χ0v) is 15.0. The van der Waals surface area contributed by atoms with Gasteiger partial charge in [-0.3, -0.25) is 10.1 Å². The van der Waals surface area contributed by atoms with Gasteiger partial charge in [0.2, 0.25) is 5.91 Å². The molecule has 1 aromatic rings. The number of nitrogens with zero attached hydrogens (tertiary/aromatic N) is 6. The van der Waals surface area contributed by atoms with Crippen molar-refractivity contribution >= 4 is 17.9 Å². The minimum atomic E-state index is -0.184. The molecule has 3 heterocycles. The lowest BCUT2D eigenvalue weighted by Crippen LogP contribution is -2.48. The number of likely N-dealkylation sites (tertiary alicyclic amines) is 2. The summed E-state index contributed by atoms with van der Waals surface area (Å²) in [7, 11) is 1.65. The number of piperidine rings is 1. The van der Waals surface area contributed by atoms with Gasteiger partial charge >= 0.3 is 6.03 Å². The Bertz CT molecular complexity index is 609. The second-order valence-corrected chi connectivity index (χ2v) is 6.99. The van der Waals surface area contributed by atoms with Gasteiger partial charge in [-0.05, 0) is 36.8 Å². The molecule has 1 unspecified atom stereocenters. The third kappa shape index (κ3) is 4.26. The van der Waals surface area contributed by atoms with E-state index in [1.165, 1.54) is 17.6 Å². The summed E-state index contributed by atoms with van der Waals surface area (Å²) in [4.78, 5) is 29.5. The molecular weight excluding hydrogens is 322 g/mol. The Kier molecular flexibility index (Phi) is 5.50. The topological polar surface area (TPSA) is 96.3 Å². The van der Waals surface area contributed by atoms with E-state index < -0.39 is 0 Å². The number of anilines is 1. The molecule has 1 N–H and O–H groups in total. The van der Waals surface area contributed by atoms with Crippen LogP contribution in [-0.4, -0.2) is 67.6 Å². The average molecular weight is 349 g/mol. The molecule has 138 valence electrons. The Morgan fingerprint density at radius 3 is 2.48 bits per heavy atom. The van der Waals surface area contributed by atoms with E-state index in [1.54, 1.807) is 18.9 Å². The first kappa shape index (κ1) is 17.6. The Hall–Kier alpha value is -2.19. The number of nitrogens with one attached hydrogen (secondary N) is 1. The highest BCUT2D eigenvalue weighted by Crippen LogP contribution is 2.30. The monoisotopic (exact) mass is 349 g/mol. The highest BCUT2D eigenvalue weighted by atomic mass is 16.2. The fraction of sp³-hybridized carbons (Fsp3) is 0.812. The third-order valence-corrected chi connectivity index (χ3v) is 5.30. The largest absolute Gasteiger partial charge is 0.340 e. The minimum Gasteiger partial charge on any atom is -0.340 e. The van der Waals surface area contributed by atoms with Crippen LogP contribution in [0.3, 0.4) is 0 Å². The zero-order valence-electron chi connectivity index (χ0n) is 15.0. The Labute approximate surface area is 147 Å². The summed E-state index contributed by atoms with van der Waals surface area (Å²) in [6.07, 6.45) is 6.42. The molecule has 0 radical (unpaired) electrons. The maximum atomic E-state index is 12.3. The van der Waals surface area contributed by atoms with Crippen LogP contribution in [0.2, 0.25) is 0 Å². The first-order valence-electron chi connectivity index (χ1n) is 9.11. The summed E-state index contributed by atoms with van der Waals surface area (Å²) < 4.78 is 0. The van der Waals surface area contributed by atoms with Crippen LogP contribution in [0.25, 0.3) is 0 Å². The number of tetrazole rings is 1. The maximum Gasteiger partial charge on any atom is 0.324 e. The number of aromatic nitrogens is 4. The lowest BCUT2D eigenvalue weighted by molar-refractivity contribution is -0.132. The van der Waals surface area contributed by atoms with Gasteiger partial charge in [-0.15, -0.1) is 5.10 Å². The van der Waals surface area contributed by atoms with Crippen LogP contribution in [-0.2, 0) is 11.8 Å². The van der Waals surface area contributed by atoms with Crippen LogP contribution >= 0.6 is 0 Å². The van der Waals surface area contributed by atoms with Gasteiger partial charge in [-0.1, -0.05) is 17.9 Å². The summed E-state index contributed by atoms with van der Waals surface area (Å²) in [5, 5.41) is 14.1. The van der Waals surface area contributed by atoms with E-state index in [1.807, 2.05) is 0 Å². The Morgan fingerprint density at radius 1 is 1.08 bits per heavy atom. The average Bonchev–Trinajstić information content (AvgIpc) is 2.86. The van der Waals surface area contributed by atoms with Crippen molar-refractivity contribution in [1.29, 1.82) is 0 Å². The van der Waals surface area contributed by atoms with Gasteiger partial charge in [0.1, 0.15) is 0 Å². The summed E-state index contributed by atoms with van der Waals surface area (Å²) in [5.41, 5.74) is 0. The molecular formula is C16H27N7O2. The van der Waals surface area contributed by atoms with E-state index in [0.717, 1.165) is 32.2 Å². The van der Waals surface area contributed by atoms with E-state index in [-0.39, 0.29) is 17.9 Å². The van der Waals surface area contributed by atoms with Gasteiger partial charge in [0.15, 0.2) is 0 Å². The molecule has 9 nitrogen and oxygen atoms in total. The van der Waals surface area contributed by atoms with Crippen LogP contribution < -0.4 is 5.32 Å². The second kappa shape index (κ2) is 7.79. The zero-order chi connectivity index (χ0) is 17.8. The molecule has 1 aromatic heterocycles. The van der Waals surface area contributed by atoms with Crippen molar-refractivity contribution in [2.45, 2.75) is 51.5 Å². The van der Waals surface area contributed by atoms with Crippen molar-refractivity contribution in [3.05, 3.63) is 0 Å². The molecule has 0 aromatic carbocycles. The molecule has 9 heteroatoms. The fourth-order valence-electron chi connectivity index (χ4n) is 4.01. The van der Waals surface area contributed by atoms with Gasteiger partial charge in [0.05, 0.1) is 7.05 Å². The molecule has 0 saturated carbocycles. The van der Waals surface area contributed by atoms with E-state index in [4.69, 9.17) is 0 Å². The molecule has 2 aliphatic rings. The lowest BCUT2D eigenvalue weighted by Gasteiger charge is -2.40. The van der Waals surface area contributed by atoms with Crippen molar-refractivity contribution in [3.8, 4) is 0 Å². The molecule has 2 aliphatic heterocycles. The van der Waals surface area contributed by atoms with Crippen LogP contribution in [0, 0.1) is 5.92 Å². The van der Waals surface area contributed by atoms with Gasteiger partial charge in [0.25, 0.3) is 5.95 Å². The summed E-state index contributed by atoms with van der Waals surface area (Å²) in [6, 6.07) is 0.141. The SMILES string of the molecule is CC(=O)N1CCCCCC1C1CCN(C(=O)Nc2nnn(C)n2)CC1. The Balaban J connectivity index is 1.55. The number of carbonyl (C=O) groups is 2. The first-order valence-corrected chi connectivity index (χ1v) is 9.11. The van der Waals surface area contributed by atoms with Gasteiger partial charge in [0, 0.05) is 32.6 Å². The molecule has 0 aliphatic carbocycles. The van der Waals surface area contributed by atoms with Crippen LogP contribution in [0.5, 0.6) is 0 Å². The summed E-state index contributed by atoms with van der Waals surface area (Å²) in [6.45, 7) is 3.94. The minimum absolute atomic E-state index is 0.181. The van der Waals surface area contributed by atoms with Crippen LogP contribution in [0.1, 0.15) is 45.4 Å². The van der Waals surface area contributed by atoms with Crippen LogP contribution in [0.15, 0.2) is 0 Å². The third-order valence-electron chi connectivity index (χ3n) is 5.30. The van der Waals surface area contributed by atoms with Crippen molar-refractivity contribution in [1.82, 2.24) is 30.0 Å². The predicted molar refractivity (Wildman–Crippen MR) is 91.8 cm³/mol. The van der Waals surface area contributed by atoms with Gasteiger partial charge < -0.3 is 9.80 Å². The predicted octanol–water partition coefficient (Wildman–Crippen LogP) is 1.25. The van der Waals surface area contributed by atoms with Crippen molar-refractivity contribution in [3.63, 3.8) is 0 Å². The quantitative estimate of drug-likeness (QED) is 0.867. The van der Waals surface area contributed by atoms with E-state index in [0.29, 0.717) is 25.0 Å². The smallest absolute Gasteiger partial charge is 0.324 e. The molecule has 2 fully saturated rings. The number of carbonyl (C=O) groups excluding carboxylic acids is 2. The summed E-state index contributed by atoms with van der Waals surface area (Å²) in [5.74, 6) is 0.877. The van der Waals surface area contributed by atoms with Crippen molar-refractivity contribution in [2.75, 3.05) is 25.0 Å². The highest BCUT2D eigenvalue weighted by molar-refractivity contribution is 5.87. The van der Waals surface area contributed by atoms with Crippen molar-refractivity contribution < 1.29 is 9.59 Å². The Morgan fingerprint density at radius 2 is 1.84 bits per heavy atom. The van der Waals surface area contributed by atoms with Crippen molar-refractivity contribution in [2.24, 2.45) is 13.0 Å². The van der Waals surface area contributed by atoms with E-state index in [2.05, 4.69) is 25.6 Å². The van der Waals surface area contributed by atoms with Gasteiger partial charge in [-0.2, -0.15) is 4.80 Å². The number of hydrogen-bond donors (Lipinski definition) is 1. The molecule has 0 spiro atoms. The molecule has 0 bridgehead atoms. The van der Waals surface area contributed by atoms with E-state index in [9.17, 15) is 9.59 Å². The second-order valence-electron chi connectivity index (χ2n) is 6.99. The van der Waals surface area contributed by atoms with Gasteiger partial charge in [-0.25, -0.2) is 4.79 Å². The molecule has 25 heavy (non-hydrogen) atoms. The molecule has 3 rings (SSSR count). The number of hydrogen-bond acceptors (Lipinski definition) is 5. The highest BCUT2D eigenvalue weighted by Gasteiger charge is 2.33. The number of aryl methyl sites for hydroxylation is 1. The normalized spacial score (nSPS) is 22.6. The standard InChI is InChI=1S/C16H27N7O2/c1-12(24)23-9-5-3-4-6-14(23)13-7-10-22(11-8-13)16(25)17-15-18-20-21(2)19-15/h13-14H,3-11H2,1-2H3,(H,17,19,25). The van der Waals surface area contributed by atoms with Crippen LogP contribution in [0.4, 0.5) is 10.7 Å². The lowest BCUT2D eigenvalue weighted by atomic mass is 9.86. The number of rotatable bonds is 2. The molecule has 2 saturated heterocycles. The summed E-state index contributed by atoms with van der Waals surface area (Å²) >= 11 is 0. The maximum absolute atomic E-state index is 12.3. The number of urea groups is 1. The molecule has 3 amide bonds. The number of amides is 3. The fourth-order valence-corrected chi connectivity index (χ4v) is 4.01. The van der Waals surface area contributed by atoms with E-state index >= 15 is 0 Å².